The van der Waals surface area contributed by atoms with E-state index in [9.17, 15) is 9.59 Å². The number of carbonyl (C=O) groups excluding carboxylic acids is 1. The molecule has 0 atom stereocenters. The number of benzene rings is 3. The molecular weight excluding hydrogens is 438 g/mol. The molecule has 1 aliphatic rings. The van der Waals surface area contributed by atoms with Gasteiger partial charge in [-0.15, -0.1) is 0 Å². The van der Waals surface area contributed by atoms with Gasteiger partial charge in [-0.3, -0.25) is 9.59 Å². The molecule has 5 rings (SSSR count). The van der Waals surface area contributed by atoms with Crippen molar-refractivity contribution in [1.29, 1.82) is 0 Å². The SMILES string of the molecule is CCN1CCN(c2ccc(NC(=O)c3nn(-c4ccccc4)c(=O)c4ccccc34)cc2C)CC1. The van der Waals surface area contributed by atoms with Gasteiger partial charge in [-0.05, 0) is 55.4 Å². The van der Waals surface area contributed by atoms with Gasteiger partial charge in [0, 0.05) is 42.9 Å². The highest BCUT2D eigenvalue weighted by atomic mass is 16.2. The van der Waals surface area contributed by atoms with E-state index in [1.165, 1.54) is 10.4 Å². The van der Waals surface area contributed by atoms with E-state index in [-0.39, 0.29) is 17.2 Å². The molecule has 1 aliphatic heterocycles. The van der Waals surface area contributed by atoms with Crippen molar-refractivity contribution in [3.63, 3.8) is 0 Å². The molecule has 0 aliphatic carbocycles. The fraction of sp³-hybridized carbons (Fsp3) is 0.250. The lowest BCUT2D eigenvalue weighted by Crippen LogP contribution is -2.46. The Bertz CT molecular complexity index is 1420. The van der Waals surface area contributed by atoms with Crippen LogP contribution in [0.2, 0.25) is 0 Å². The molecule has 35 heavy (non-hydrogen) atoms. The van der Waals surface area contributed by atoms with Gasteiger partial charge in [-0.2, -0.15) is 9.78 Å². The number of aromatic nitrogens is 2. The molecule has 178 valence electrons. The lowest BCUT2D eigenvalue weighted by molar-refractivity contribution is 0.102. The Morgan fingerprint density at radius 1 is 0.914 bits per heavy atom. The number of para-hydroxylation sites is 1. The molecule has 1 fully saturated rings. The van der Waals surface area contributed by atoms with E-state index < -0.39 is 0 Å². The Kier molecular flexibility index (Phi) is 6.33. The van der Waals surface area contributed by atoms with Crippen molar-refractivity contribution in [1.82, 2.24) is 14.7 Å². The molecule has 0 spiro atoms. The zero-order valence-corrected chi connectivity index (χ0v) is 20.1. The number of nitrogens with zero attached hydrogens (tertiary/aromatic N) is 4. The third-order valence-electron chi connectivity index (χ3n) is 6.64. The minimum Gasteiger partial charge on any atom is -0.369 e. The zero-order valence-electron chi connectivity index (χ0n) is 20.1. The van der Waals surface area contributed by atoms with Gasteiger partial charge >= 0.3 is 0 Å². The Balaban J connectivity index is 1.45. The number of nitrogens with one attached hydrogen (secondary N) is 1. The normalized spacial score (nSPS) is 14.3. The van der Waals surface area contributed by atoms with Crippen molar-refractivity contribution >= 4 is 28.1 Å². The maximum atomic E-state index is 13.4. The first-order chi connectivity index (χ1) is 17.0. The van der Waals surface area contributed by atoms with Crippen LogP contribution >= 0.6 is 0 Å². The molecule has 0 saturated carbocycles. The Morgan fingerprint density at radius 3 is 2.29 bits per heavy atom. The molecule has 3 aromatic carbocycles. The van der Waals surface area contributed by atoms with Crippen molar-refractivity contribution < 1.29 is 4.79 Å². The highest BCUT2D eigenvalue weighted by Crippen LogP contribution is 2.25. The van der Waals surface area contributed by atoms with Gasteiger partial charge in [0.25, 0.3) is 11.5 Å². The van der Waals surface area contributed by atoms with E-state index in [4.69, 9.17) is 0 Å². The van der Waals surface area contributed by atoms with Crippen LogP contribution in [0, 0.1) is 6.92 Å². The lowest BCUT2D eigenvalue weighted by atomic mass is 10.1. The predicted molar refractivity (Wildman–Crippen MR) is 141 cm³/mol. The summed E-state index contributed by atoms with van der Waals surface area (Å²) in [5.74, 6) is -0.352. The summed E-state index contributed by atoms with van der Waals surface area (Å²) >= 11 is 0. The summed E-state index contributed by atoms with van der Waals surface area (Å²) in [5, 5.41) is 8.45. The first-order valence-corrected chi connectivity index (χ1v) is 12.0. The number of carbonyl (C=O) groups is 1. The number of aryl methyl sites for hydroxylation is 1. The topological polar surface area (TPSA) is 70.5 Å². The molecular formula is C28H29N5O2. The van der Waals surface area contributed by atoms with E-state index in [2.05, 4.69) is 40.1 Å². The number of fused-ring (bicyclic) bond motifs is 1. The van der Waals surface area contributed by atoms with E-state index in [0.29, 0.717) is 22.1 Å². The molecule has 1 aromatic heterocycles. The fourth-order valence-corrected chi connectivity index (χ4v) is 4.68. The van der Waals surface area contributed by atoms with Gasteiger partial charge in [0.15, 0.2) is 5.69 Å². The third kappa shape index (κ3) is 4.55. The summed E-state index contributed by atoms with van der Waals surface area (Å²) in [4.78, 5) is 31.3. The highest BCUT2D eigenvalue weighted by molar-refractivity contribution is 6.11. The molecule has 7 nitrogen and oxygen atoms in total. The van der Waals surface area contributed by atoms with Gasteiger partial charge in [0.05, 0.1) is 11.1 Å². The van der Waals surface area contributed by atoms with Crippen LogP contribution in [0.15, 0.2) is 77.6 Å². The van der Waals surface area contributed by atoms with E-state index in [0.717, 1.165) is 38.3 Å². The summed E-state index contributed by atoms with van der Waals surface area (Å²) < 4.78 is 1.29. The zero-order chi connectivity index (χ0) is 24.4. The van der Waals surface area contributed by atoms with E-state index >= 15 is 0 Å². The first-order valence-electron chi connectivity index (χ1n) is 12.0. The number of piperazine rings is 1. The number of amides is 1. The second kappa shape index (κ2) is 9.72. The minimum atomic E-state index is -0.352. The van der Waals surface area contributed by atoms with Crippen LogP contribution in [0.1, 0.15) is 23.0 Å². The van der Waals surface area contributed by atoms with Crippen LogP contribution < -0.4 is 15.8 Å². The van der Waals surface area contributed by atoms with Crippen LogP contribution in [-0.4, -0.2) is 53.3 Å². The predicted octanol–water partition coefficient (Wildman–Crippen LogP) is 4.09. The molecule has 1 N–H and O–H groups in total. The molecule has 2 heterocycles. The fourth-order valence-electron chi connectivity index (χ4n) is 4.68. The van der Waals surface area contributed by atoms with Crippen molar-refractivity contribution in [2.45, 2.75) is 13.8 Å². The van der Waals surface area contributed by atoms with Gasteiger partial charge in [-0.1, -0.05) is 43.3 Å². The number of hydrogen-bond donors (Lipinski definition) is 1. The average molecular weight is 468 g/mol. The monoisotopic (exact) mass is 467 g/mol. The number of rotatable bonds is 5. The van der Waals surface area contributed by atoms with Crippen molar-refractivity contribution in [3.8, 4) is 5.69 Å². The smallest absolute Gasteiger partial charge is 0.279 e. The molecule has 4 aromatic rings. The largest absolute Gasteiger partial charge is 0.369 e. The van der Waals surface area contributed by atoms with E-state index in [1.54, 1.807) is 30.3 Å². The molecule has 1 saturated heterocycles. The van der Waals surface area contributed by atoms with Crippen LogP contribution in [0.25, 0.3) is 16.5 Å². The van der Waals surface area contributed by atoms with Crippen LogP contribution in [-0.2, 0) is 0 Å². The van der Waals surface area contributed by atoms with Crippen molar-refractivity contribution in [2.24, 2.45) is 0 Å². The Morgan fingerprint density at radius 2 is 1.60 bits per heavy atom. The summed E-state index contributed by atoms with van der Waals surface area (Å²) in [6.45, 7) is 9.46. The minimum absolute atomic E-state index is 0.210. The van der Waals surface area contributed by atoms with Gasteiger partial charge in [0.2, 0.25) is 0 Å². The highest BCUT2D eigenvalue weighted by Gasteiger charge is 2.20. The number of hydrogen-bond acceptors (Lipinski definition) is 5. The van der Waals surface area contributed by atoms with Gasteiger partial charge in [0.1, 0.15) is 0 Å². The average Bonchev–Trinajstić information content (AvgIpc) is 2.90. The molecule has 1 amide bonds. The molecule has 7 heteroatoms. The standard InChI is InChI=1S/C28H29N5O2/c1-3-31-15-17-32(18-16-31)25-14-13-21(19-20(25)2)29-27(34)26-23-11-7-8-12-24(23)28(35)33(30-26)22-9-5-4-6-10-22/h4-14,19H,3,15-18H2,1-2H3,(H,29,34). The van der Waals surface area contributed by atoms with Crippen LogP contribution in [0.3, 0.4) is 0 Å². The van der Waals surface area contributed by atoms with Gasteiger partial charge in [-0.25, -0.2) is 0 Å². The van der Waals surface area contributed by atoms with Crippen LogP contribution in [0.5, 0.6) is 0 Å². The number of anilines is 2. The first kappa shape index (κ1) is 22.8. The van der Waals surface area contributed by atoms with Crippen LogP contribution in [0.4, 0.5) is 11.4 Å². The molecule has 0 bridgehead atoms. The van der Waals surface area contributed by atoms with Crippen molar-refractivity contribution in [3.05, 3.63) is 94.4 Å². The number of likely N-dealkylation sites (N-methyl/N-ethyl adjacent to an activating group) is 1. The summed E-state index contributed by atoms with van der Waals surface area (Å²) in [7, 11) is 0. The van der Waals surface area contributed by atoms with E-state index in [1.807, 2.05) is 36.4 Å². The lowest BCUT2D eigenvalue weighted by Gasteiger charge is -2.36. The quantitative estimate of drug-likeness (QED) is 0.479. The summed E-state index contributed by atoms with van der Waals surface area (Å²) in [6, 6.07) is 22.2. The molecule has 0 unspecified atom stereocenters. The Labute approximate surface area is 204 Å². The summed E-state index contributed by atoms with van der Waals surface area (Å²) in [5.41, 5.74) is 3.57. The van der Waals surface area contributed by atoms with Crippen molar-refractivity contribution in [2.75, 3.05) is 42.9 Å². The second-order valence-corrected chi connectivity index (χ2v) is 8.82. The maximum absolute atomic E-state index is 13.4. The second-order valence-electron chi connectivity index (χ2n) is 8.82. The maximum Gasteiger partial charge on any atom is 0.279 e. The third-order valence-corrected chi connectivity index (χ3v) is 6.64. The van der Waals surface area contributed by atoms with Gasteiger partial charge < -0.3 is 15.1 Å². The summed E-state index contributed by atoms with van der Waals surface area (Å²) in [6.07, 6.45) is 0. The Hall–Kier alpha value is -3.97. The molecule has 0 radical (unpaired) electrons.